The number of carbonyl (C=O) groups excluding carboxylic acids is 1. The molecule has 0 aromatic heterocycles. The minimum absolute atomic E-state index is 0.0838. The lowest BCUT2D eigenvalue weighted by molar-refractivity contribution is 0.104. The quantitative estimate of drug-likeness (QED) is 0.653. The highest BCUT2D eigenvalue weighted by atomic mass is 35.5. The van der Waals surface area contributed by atoms with Crippen molar-refractivity contribution in [1.82, 2.24) is 0 Å². The average molecular weight is 297 g/mol. The zero-order valence-corrected chi connectivity index (χ0v) is 12.2. The van der Waals surface area contributed by atoms with Crippen LogP contribution in [0.1, 0.15) is 15.9 Å². The Labute approximate surface area is 127 Å². The van der Waals surface area contributed by atoms with Gasteiger partial charge in [0.05, 0.1) is 12.1 Å². The van der Waals surface area contributed by atoms with E-state index in [1.54, 1.807) is 25.3 Å². The first-order valence-corrected chi connectivity index (χ1v) is 6.94. The van der Waals surface area contributed by atoms with Crippen molar-refractivity contribution in [2.45, 2.75) is 0 Å². The van der Waals surface area contributed by atoms with Crippen molar-refractivity contribution in [2.75, 3.05) is 7.11 Å². The number of methoxy groups -OCH3 is 1. The van der Waals surface area contributed by atoms with Gasteiger partial charge < -0.3 is 4.74 Å². The molecule has 2 nitrogen and oxygen atoms in total. The first kappa shape index (κ1) is 13.7. The van der Waals surface area contributed by atoms with Gasteiger partial charge in [-0.2, -0.15) is 0 Å². The van der Waals surface area contributed by atoms with E-state index in [4.69, 9.17) is 16.3 Å². The van der Waals surface area contributed by atoms with Gasteiger partial charge in [-0.3, -0.25) is 4.79 Å². The molecule has 3 heteroatoms. The molecular formula is C18H13ClO2. The Morgan fingerprint density at radius 3 is 2.48 bits per heavy atom. The van der Waals surface area contributed by atoms with E-state index in [0.29, 0.717) is 21.9 Å². The SMILES string of the molecule is COc1ccc(C(=O)c2cccc3ccccc23)c(Cl)c1. The normalized spacial score (nSPS) is 10.6. The van der Waals surface area contributed by atoms with Gasteiger partial charge >= 0.3 is 0 Å². The van der Waals surface area contributed by atoms with Crippen LogP contribution in [-0.4, -0.2) is 12.9 Å². The van der Waals surface area contributed by atoms with Gasteiger partial charge in [-0.25, -0.2) is 0 Å². The number of hydrogen-bond acceptors (Lipinski definition) is 2. The number of benzene rings is 3. The fourth-order valence-corrected chi connectivity index (χ4v) is 2.63. The van der Waals surface area contributed by atoms with E-state index in [2.05, 4.69) is 0 Å². The van der Waals surface area contributed by atoms with Crippen LogP contribution in [0.3, 0.4) is 0 Å². The third kappa shape index (κ3) is 2.50. The second kappa shape index (κ2) is 5.58. The van der Waals surface area contributed by atoms with Crippen LogP contribution >= 0.6 is 11.6 Å². The molecular weight excluding hydrogens is 284 g/mol. The van der Waals surface area contributed by atoms with Crippen molar-refractivity contribution >= 4 is 28.2 Å². The van der Waals surface area contributed by atoms with E-state index in [1.807, 2.05) is 42.5 Å². The molecule has 0 unspecified atom stereocenters. The molecule has 0 spiro atoms. The number of fused-ring (bicyclic) bond motifs is 1. The maximum atomic E-state index is 12.8. The van der Waals surface area contributed by atoms with Gasteiger partial charge in [0.25, 0.3) is 0 Å². The molecule has 104 valence electrons. The predicted molar refractivity (Wildman–Crippen MR) is 85.4 cm³/mol. The maximum Gasteiger partial charge on any atom is 0.195 e. The summed E-state index contributed by atoms with van der Waals surface area (Å²) in [5.74, 6) is 0.550. The summed E-state index contributed by atoms with van der Waals surface area (Å²) in [5.41, 5.74) is 1.13. The van der Waals surface area contributed by atoms with Gasteiger partial charge in [0.2, 0.25) is 0 Å². The zero-order chi connectivity index (χ0) is 14.8. The summed E-state index contributed by atoms with van der Waals surface area (Å²) in [6.07, 6.45) is 0. The third-order valence-corrected chi connectivity index (χ3v) is 3.77. The van der Waals surface area contributed by atoms with Crippen molar-refractivity contribution in [3.05, 3.63) is 76.8 Å². The minimum atomic E-state index is -0.0838. The number of carbonyl (C=O) groups is 1. The largest absolute Gasteiger partial charge is 0.497 e. The molecule has 0 N–H and O–H groups in total. The van der Waals surface area contributed by atoms with Gasteiger partial charge in [0.15, 0.2) is 5.78 Å². The Morgan fingerprint density at radius 1 is 0.952 bits per heavy atom. The van der Waals surface area contributed by atoms with Crippen molar-refractivity contribution < 1.29 is 9.53 Å². The van der Waals surface area contributed by atoms with Crippen LogP contribution in [0.2, 0.25) is 5.02 Å². The third-order valence-electron chi connectivity index (χ3n) is 3.46. The van der Waals surface area contributed by atoms with Gasteiger partial charge in [0.1, 0.15) is 5.75 Å². The Hall–Kier alpha value is -2.32. The highest BCUT2D eigenvalue weighted by Gasteiger charge is 2.15. The molecule has 0 aliphatic heterocycles. The fourth-order valence-electron chi connectivity index (χ4n) is 2.38. The summed E-state index contributed by atoms with van der Waals surface area (Å²) in [4.78, 5) is 12.8. The maximum absolute atomic E-state index is 12.8. The Bertz CT molecular complexity index is 819. The summed E-state index contributed by atoms with van der Waals surface area (Å²) < 4.78 is 5.11. The number of ketones is 1. The van der Waals surface area contributed by atoms with Crippen molar-refractivity contribution in [3.63, 3.8) is 0 Å². The van der Waals surface area contributed by atoms with Crippen LogP contribution in [0.5, 0.6) is 5.75 Å². The van der Waals surface area contributed by atoms with Crippen molar-refractivity contribution in [3.8, 4) is 5.75 Å². The molecule has 0 bridgehead atoms. The lowest BCUT2D eigenvalue weighted by Gasteiger charge is -2.08. The minimum Gasteiger partial charge on any atom is -0.497 e. The van der Waals surface area contributed by atoms with E-state index >= 15 is 0 Å². The van der Waals surface area contributed by atoms with Crippen molar-refractivity contribution in [1.29, 1.82) is 0 Å². The molecule has 0 heterocycles. The number of hydrogen-bond donors (Lipinski definition) is 0. The van der Waals surface area contributed by atoms with E-state index in [1.165, 1.54) is 0 Å². The van der Waals surface area contributed by atoms with E-state index in [-0.39, 0.29) is 5.78 Å². The van der Waals surface area contributed by atoms with Crippen molar-refractivity contribution in [2.24, 2.45) is 0 Å². The Balaban J connectivity index is 2.13. The van der Waals surface area contributed by atoms with Gasteiger partial charge in [-0.1, -0.05) is 54.1 Å². The first-order valence-electron chi connectivity index (χ1n) is 6.56. The summed E-state index contributed by atoms with van der Waals surface area (Å²) >= 11 is 6.20. The summed E-state index contributed by atoms with van der Waals surface area (Å²) in [6.45, 7) is 0. The molecule has 0 amide bonds. The zero-order valence-electron chi connectivity index (χ0n) is 11.5. The van der Waals surface area contributed by atoms with Crippen LogP contribution in [0.4, 0.5) is 0 Å². The molecule has 0 saturated heterocycles. The summed E-state index contributed by atoms with van der Waals surface area (Å²) in [5, 5.41) is 2.36. The molecule has 3 aromatic carbocycles. The number of rotatable bonds is 3. The Morgan fingerprint density at radius 2 is 1.71 bits per heavy atom. The smallest absolute Gasteiger partial charge is 0.195 e. The predicted octanol–water partition coefficient (Wildman–Crippen LogP) is 4.73. The Kier molecular flexibility index (Phi) is 3.63. The lowest BCUT2D eigenvalue weighted by atomic mass is 9.97. The lowest BCUT2D eigenvalue weighted by Crippen LogP contribution is -2.03. The van der Waals surface area contributed by atoms with Gasteiger partial charge in [-0.05, 0) is 29.0 Å². The molecule has 3 rings (SSSR count). The van der Waals surface area contributed by atoms with Crippen LogP contribution in [-0.2, 0) is 0 Å². The summed E-state index contributed by atoms with van der Waals surface area (Å²) in [6, 6.07) is 18.6. The monoisotopic (exact) mass is 296 g/mol. The molecule has 0 radical (unpaired) electrons. The highest BCUT2D eigenvalue weighted by molar-refractivity contribution is 6.35. The number of halogens is 1. The summed E-state index contributed by atoms with van der Waals surface area (Å²) in [7, 11) is 1.57. The molecule has 0 atom stereocenters. The molecule has 0 aliphatic rings. The molecule has 0 saturated carbocycles. The fraction of sp³-hybridized carbons (Fsp3) is 0.0556. The first-order chi connectivity index (χ1) is 10.2. The van der Waals surface area contributed by atoms with Crippen LogP contribution in [0.25, 0.3) is 10.8 Å². The van der Waals surface area contributed by atoms with Gasteiger partial charge in [0, 0.05) is 11.1 Å². The number of ether oxygens (including phenoxy) is 1. The second-order valence-corrected chi connectivity index (χ2v) is 5.11. The van der Waals surface area contributed by atoms with E-state index in [0.717, 1.165) is 10.8 Å². The standard InChI is InChI=1S/C18H13ClO2/c1-21-13-9-10-16(17(19)11-13)18(20)15-8-4-6-12-5-2-3-7-14(12)15/h2-11H,1H3. The van der Waals surface area contributed by atoms with Crippen LogP contribution < -0.4 is 4.74 Å². The second-order valence-electron chi connectivity index (χ2n) is 4.70. The topological polar surface area (TPSA) is 26.3 Å². The molecule has 21 heavy (non-hydrogen) atoms. The molecule has 3 aromatic rings. The molecule has 0 aliphatic carbocycles. The van der Waals surface area contributed by atoms with Gasteiger partial charge in [-0.15, -0.1) is 0 Å². The van der Waals surface area contributed by atoms with Crippen LogP contribution in [0, 0.1) is 0 Å². The highest BCUT2D eigenvalue weighted by Crippen LogP contribution is 2.27. The van der Waals surface area contributed by atoms with Crippen LogP contribution in [0.15, 0.2) is 60.7 Å². The average Bonchev–Trinajstić information content (AvgIpc) is 2.53. The molecule has 0 fully saturated rings. The van der Waals surface area contributed by atoms with E-state index < -0.39 is 0 Å². The van der Waals surface area contributed by atoms with E-state index in [9.17, 15) is 4.79 Å².